The first kappa shape index (κ1) is 15.0. The average molecular weight is 312 g/mol. The Balaban J connectivity index is 1.90. The minimum absolute atomic E-state index is 0.212. The lowest BCUT2D eigenvalue weighted by Gasteiger charge is -2.41. The van der Waals surface area contributed by atoms with Gasteiger partial charge in [0.1, 0.15) is 17.9 Å². The number of thiocarbonyl (C=S) groups is 1. The lowest BCUT2D eigenvalue weighted by atomic mass is 9.79. The van der Waals surface area contributed by atoms with Crippen LogP contribution in [-0.2, 0) is 0 Å². The second kappa shape index (κ2) is 6.05. The van der Waals surface area contributed by atoms with E-state index in [4.69, 9.17) is 17.5 Å². The first-order valence-electron chi connectivity index (χ1n) is 7.77. The molecule has 0 unspecified atom stereocenters. The standard InChI is InChI=1S/C17H20N4S/c1-13-5-7-14(8-6-13)19-15-17(9-3-2-4-10-17)21(12-11-18)16(22)20-15/h5-8H,2-4,9-10,12H2,1H3,(H,19,20,22). The maximum atomic E-state index is 9.14. The molecule has 0 amide bonds. The molecule has 4 nitrogen and oxygen atoms in total. The van der Waals surface area contributed by atoms with Crippen molar-refractivity contribution in [3.8, 4) is 6.07 Å². The highest BCUT2D eigenvalue weighted by Gasteiger charge is 2.48. The molecule has 1 spiro atoms. The van der Waals surface area contributed by atoms with Crippen molar-refractivity contribution in [2.75, 3.05) is 11.9 Å². The Labute approximate surface area is 136 Å². The summed E-state index contributed by atoms with van der Waals surface area (Å²) in [5, 5.41) is 13.1. The first-order valence-corrected chi connectivity index (χ1v) is 8.18. The Morgan fingerprint density at radius 3 is 2.59 bits per heavy atom. The van der Waals surface area contributed by atoms with E-state index >= 15 is 0 Å². The molecule has 1 fully saturated rings. The minimum Gasteiger partial charge on any atom is -0.342 e. The average Bonchev–Trinajstić information content (AvgIpc) is 2.76. The Hall–Kier alpha value is -1.93. The number of benzene rings is 1. The van der Waals surface area contributed by atoms with Crippen molar-refractivity contribution in [1.29, 1.82) is 5.26 Å². The number of hydrogen-bond acceptors (Lipinski definition) is 3. The van der Waals surface area contributed by atoms with E-state index < -0.39 is 0 Å². The van der Waals surface area contributed by atoms with Crippen molar-refractivity contribution in [2.24, 2.45) is 4.99 Å². The summed E-state index contributed by atoms with van der Waals surface area (Å²) in [6.07, 6.45) is 5.56. The van der Waals surface area contributed by atoms with Crippen LogP contribution >= 0.6 is 12.2 Å². The molecule has 3 rings (SSSR count). The molecule has 1 N–H and O–H groups in total. The molecule has 22 heavy (non-hydrogen) atoms. The summed E-state index contributed by atoms with van der Waals surface area (Å²) in [6, 6.07) is 10.5. The number of hydrogen-bond donors (Lipinski definition) is 1. The van der Waals surface area contributed by atoms with E-state index in [2.05, 4.69) is 47.6 Å². The fraction of sp³-hybridized carbons (Fsp3) is 0.471. The van der Waals surface area contributed by atoms with Crippen LogP contribution in [0.2, 0.25) is 0 Å². The zero-order chi connectivity index (χ0) is 15.6. The molecule has 0 saturated heterocycles. The highest BCUT2D eigenvalue weighted by atomic mass is 32.1. The number of aryl methyl sites for hydroxylation is 1. The van der Waals surface area contributed by atoms with Crippen molar-refractivity contribution in [3.63, 3.8) is 0 Å². The lowest BCUT2D eigenvalue weighted by Crippen LogP contribution is -2.54. The molecule has 114 valence electrons. The minimum atomic E-state index is -0.212. The highest BCUT2D eigenvalue weighted by molar-refractivity contribution is 7.80. The number of anilines is 1. The summed E-state index contributed by atoms with van der Waals surface area (Å²) in [4.78, 5) is 6.61. The number of nitrogens with zero attached hydrogens (tertiary/aromatic N) is 3. The van der Waals surface area contributed by atoms with Crippen LogP contribution in [0.5, 0.6) is 0 Å². The molecule has 1 aliphatic heterocycles. The van der Waals surface area contributed by atoms with Crippen molar-refractivity contribution in [2.45, 2.75) is 44.6 Å². The van der Waals surface area contributed by atoms with E-state index in [0.717, 1.165) is 37.2 Å². The Morgan fingerprint density at radius 2 is 1.95 bits per heavy atom. The van der Waals surface area contributed by atoms with Crippen LogP contribution in [0.25, 0.3) is 0 Å². The summed E-state index contributed by atoms with van der Waals surface area (Å²) in [6.45, 7) is 2.38. The van der Waals surface area contributed by atoms with Gasteiger partial charge in [0, 0.05) is 5.69 Å². The first-order chi connectivity index (χ1) is 10.7. The van der Waals surface area contributed by atoms with Gasteiger partial charge in [-0.15, -0.1) is 0 Å². The van der Waals surface area contributed by atoms with Crippen LogP contribution in [0.1, 0.15) is 37.7 Å². The molecule has 5 heteroatoms. The Morgan fingerprint density at radius 1 is 1.27 bits per heavy atom. The zero-order valence-corrected chi connectivity index (χ0v) is 13.6. The predicted molar refractivity (Wildman–Crippen MR) is 93.0 cm³/mol. The van der Waals surface area contributed by atoms with Crippen LogP contribution < -0.4 is 5.32 Å². The van der Waals surface area contributed by atoms with Gasteiger partial charge in [-0.1, -0.05) is 37.0 Å². The summed E-state index contributed by atoms with van der Waals surface area (Å²) in [5.74, 6) is 0.913. The van der Waals surface area contributed by atoms with Crippen molar-refractivity contribution >= 4 is 28.9 Å². The second-order valence-electron chi connectivity index (χ2n) is 6.07. The van der Waals surface area contributed by atoms with Crippen LogP contribution in [0, 0.1) is 18.3 Å². The molecular weight excluding hydrogens is 292 g/mol. The van der Waals surface area contributed by atoms with Gasteiger partial charge in [-0.25, -0.2) is 4.99 Å². The number of amidine groups is 1. The fourth-order valence-electron chi connectivity index (χ4n) is 3.42. The maximum Gasteiger partial charge on any atom is 0.198 e. The van der Waals surface area contributed by atoms with E-state index in [-0.39, 0.29) is 5.54 Å². The Bertz CT molecular complexity index is 636. The van der Waals surface area contributed by atoms with Gasteiger partial charge in [-0.05, 0) is 44.1 Å². The second-order valence-corrected chi connectivity index (χ2v) is 6.44. The van der Waals surface area contributed by atoms with Crippen LogP contribution in [0.3, 0.4) is 0 Å². The number of rotatable bonds is 2. The molecule has 1 aromatic rings. The SMILES string of the molecule is Cc1ccc(NC2=NC(=S)N(CC#N)C23CCCCC3)cc1. The summed E-state index contributed by atoms with van der Waals surface area (Å²) in [5.41, 5.74) is 2.04. The Kier molecular flexibility index (Phi) is 4.12. The summed E-state index contributed by atoms with van der Waals surface area (Å²) < 4.78 is 0. The van der Waals surface area contributed by atoms with E-state index in [1.54, 1.807) is 0 Å². The van der Waals surface area contributed by atoms with Gasteiger partial charge < -0.3 is 10.2 Å². The molecule has 0 atom stereocenters. The molecule has 1 aromatic carbocycles. The third-order valence-electron chi connectivity index (χ3n) is 4.62. The molecular formula is C17H20N4S. The van der Waals surface area contributed by atoms with Crippen molar-refractivity contribution in [1.82, 2.24) is 4.90 Å². The third-order valence-corrected chi connectivity index (χ3v) is 4.93. The molecule has 0 aromatic heterocycles. The van der Waals surface area contributed by atoms with Gasteiger partial charge in [0.2, 0.25) is 0 Å². The number of aliphatic imine (C=N–C) groups is 1. The smallest absolute Gasteiger partial charge is 0.198 e. The van der Waals surface area contributed by atoms with Gasteiger partial charge in [0.15, 0.2) is 5.11 Å². The normalized spacial score (nSPS) is 19.9. The maximum absolute atomic E-state index is 9.14. The zero-order valence-electron chi connectivity index (χ0n) is 12.8. The third kappa shape index (κ3) is 2.59. The van der Waals surface area contributed by atoms with E-state index in [9.17, 15) is 0 Å². The van der Waals surface area contributed by atoms with Crippen LogP contribution in [0.4, 0.5) is 5.69 Å². The lowest BCUT2D eigenvalue weighted by molar-refractivity contribution is 0.213. The monoisotopic (exact) mass is 312 g/mol. The topological polar surface area (TPSA) is 51.4 Å². The van der Waals surface area contributed by atoms with Crippen molar-refractivity contribution < 1.29 is 0 Å². The molecule has 1 aliphatic carbocycles. The summed E-state index contributed by atoms with van der Waals surface area (Å²) >= 11 is 5.42. The quantitative estimate of drug-likeness (QED) is 0.669. The largest absolute Gasteiger partial charge is 0.342 e. The number of nitrogens with one attached hydrogen (secondary N) is 1. The molecule has 0 radical (unpaired) electrons. The molecule has 0 bridgehead atoms. The van der Waals surface area contributed by atoms with Gasteiger partial charge in [-0.2, -0.15) is 5.26 Å². The fourth-order valence-corrected chi connectivity index (χ4v) is 3.75. The highest BCUT2D eigenvalue weighted by Crippen LogP contribution is 2.39. The summed E-state index contributed by atoms with van der Waals surface area (Å²) in [7, 11) is 0. The molecule has 1 heterocycles. The van der Waals surface area contributed by atoms with Gasteiger partial charge in [0.25, 0.3) is 0 Å². The van der Waals surface area contributed by atoms with E-state index in [1.165, 1.54) is 12.0 Å². The predicted octanol–water partition coefficient (Wildman–Crippen LogP) is 3.63. The number of nitriles is 1. The van der Waals surface area contributed by atoms with Crippen LogP contribution in [-0.4, -0.2) is 27.9 Å². The van der Waals surface area contributed by atoms with Gasteiger partial charge >= 0.3 is 0 Å². The van der Waals surface area contributed by atoms with Crippen LogP contribution in [0.15, 0.2) is 29.3 Å². The van der Waals surface area contributed by atoms with Crippen molar-refractivity contribution in [3.05, 3.63) is 29.8 Å². The molecule has 2 aliphatic rings. The molecule has 1 saturated carbocycles. The van der Waals surface area contributed by atoms with E-state index in [1.807, 2.05) is 4.90 Å². The van der Waals surface area contributed by atoms with Gasteiger partial charge in [0.05, 0.1) is 6.07 Å². The van der Waals surface area contributed by atoms with Gasteiger partial charge in [-0.3, -0.25) is 0 Å². The van der Waals surface area contributed by atoms with E-state index in [0.29, 0.717) is 11.7 Å².